The van der Waals surface area contributed by atoms with Crippen molar-refractivity contribution in [2.24, 2.45) is 7.05 Å². The minimum Gasteiger partial charge on any atom is -0.456 e. The van der Waals surface area contributed by atoms with E-state index in [1.54, 1.807) is 42.1 Å². The van der Waals surface area contributed by atoms with E-state index in [1.165, 1.54) is 0 Å². The van der Waals surface area contributed by atoms with E-state index in [1.807, 2.05) is 0 Å². The van der Waals surface area contributed by atoms with E-state index in [0.29, 0.717) is 27.0 Å². The van der Waals surface area contributed by atoms with E-state index in [4.69, 9.17) is 33.7 Å². The molecule has 2 N–H and O–H groups in total. The van der Waals surface area contributed by atoms with Crippen LogP contribution >= 0.6 is 23.2 Å². The van der Waals surface area contributed by atoms with Gasteiger partial charge < -0.3 is 15.0 Å². The molecule has 2 rings (SSSR count). The predicted molar refractivity (Wildman–Crippen MR) is 75.4 cm³/mol. The number of nitrogens with two attached hydrogens (primary N) is 1. The Morgan fingerprint density at radius 2 is 2.00 bits per heavy atom. The number of halogens is 2. The third kappa shape index (κ3) is 3.03. The van der Waals surface area contributed by atoms with Gasteiger partial charge in [-0.15, -0.1) is 0 Å². The van der Waals surface area contributed by atoms with Crippen molar-refractivity contribution in [1.82, 2.24) is 4.57 Å². The first kappa shape index (κ1) is 13.8. The first-order valence-electron chi connectivity index (χ1n) is 5.51. The average Bonchev–Trinajstić information content (AvgIpc) is 2.67. The Labute approximate surface area is 120 Å². The first-order chi connectivity index (χ1) is 8.99. The Kier molecular flexibility index (Phi) is 4.02. The minimum absolute atomic E-state index is 0.0163. The maximum absolute atomic E-state index is 11.9. The fraction of sp³-hybridized carbons (Fsp3) is 0.154. The van der Waals surface area contributed by atoms with E-state index in [-0.39, 0.29) is 6.61 Å². The summed E-state index contributed by atoms with van der Waals surface area (Å²) in [5.74, 6) is -0.477. The standard InChI is InChI=1S/C13H12Cl2N2O2/c1-17-6-8(16)5-12(17)13(18)19-7-9-10(14)3-2-4-11(9)15/h2-6H,7,16H2,1H3. The van der Waals surface area contributed by atoms with Crippen LogP contribution in [-0.2, 0) is 18.4 Å². The van der Waals surface area contributed by atoms with Crippen molar-refractivity contribution in [1.29, 1.82) is 0 Å². The molecule has 1 heterocycles. The molecule has 2 aromatic rings. The highest BCUT2D eigenvalue weighted by Crippen LogP contribution is 2.25. The van der Waals surface area contributed by atoms with Crippen molar-refractivity contribution >= 4 is 34.9 Å². The van der Waals surface area contributed by atoms with Crippen LogP contribution in [-0.4, -0.2) is 10.5 Å². The number of carbonyl (C=O) groups excluding carboxylic acids is 1. The van der Waals surface area contributed by atoms with E-state index in [0.717, 1.165) is 0 Å². The van der Waals surface area contributed by atoms with Gasteiger partial charge in [-0.05, 0) is 18.2 Å². The third-order valence-corrected chi connectivity index (χ3v) is 3.35. The van der Waals surface area contributed by atoms with Gasteiger partial charge in [-0.3, -0.25) is 0 Å². The zero-order valence-corrected chi connectivity index (χ0v) is 11.7. The lowest BCUT2D eigenvalue weighted by atomic mass is 10.2. The van der Waals surface area contributed by atoms with Gasteiger partial charge in [0, 0.05) is 28.9 Å². The van der Waals surface area contributed by atoms with Gasteiger partial charge in [0.15, 0.2) is 0 Å². The van der Waals surface area contributed by atoms with Gasteiger partial charge in [-0.25, -0.2) is 4.79 Å². The summed E-state index contributed by atoms with van der Waals surface area (Å²) in [5, 5.41) is 0.929. The van der Waals surface area contributed by atoms with E-state index in [2.05, 4.69) is 0 Å². The number of hydrogen-bond acceptors (Lipinski definition) is 3. The molecule has 6 heteroatoms. The van der Waals surface area contributed by atoms with Crippen LogP contribution in [0.2, 0.25) is 10.0 Å². The van der Waals surface area contributed by atoms with Gasteiger partial charge in [-0.1, -0.05) is 29.3 Å². The van der Waals surface area contributed by atoms with Gasteiger partial charge >= 0.3 is 5.97 Å². The molecule has 1 aromatic carbocycles. The van der Waals surface area contributed by atoms with E-state index < -0.39 is 5.97 Å². The molecule has 100 valence electrons. The fourth-order valence-corrected chi connectivity index (χ4v) is 2.18. The highest BCUT2D eigenvalue weighted by atomic mass is 35.5. The molecule has 0 saturated carbocycles. The quantitative estimate of drug-likeness (QED) is 0.885. The van der Waals surface area contributed by atoms with Crippen molar-refractivity contribution in [2.75, 3.05) is 5.73 Å². The number of rotatable bonds is 3. The van der Waals surface area contributed by atoms with Gasteiger partial charge in [-0.2, -0.15) is 0 Å². The summed E-state index contributed by atoms with van der Waals surface area (Å²) in [4.78, 5) is 11.9. The largest absolute Gasteiger partial charge is 0.456 e. The Morgan fingerprint density at radius 1 is 1.37 bits per heavy atom. The van der Waals surface area contributed by atoms with Crippen molar-refractivity contribution in [3.63, 3.8) is 0 Å². The Morgan fingerprint density at radius 3 is 2.53 bits per heavy atom. The number of ether oxygens (including phenoxy) is 1. The monoisotopic (exact) mass is 298 g/mol. The lowest BCUT2D eigenvalue weighted by molar-refractivity contribution is 0.0462. The molecule has 19 heavy (non-hydrogen) atoms. The summed E-state index contributed by atoms with van der Waals surface area (Å²) in [6, 6.07) is 6.67. The Hall–Kier alpha value is -1.65. The number of anilines is 1. The van der Waals surface area contributed by atoms with Gasteiger partial charge in [0.2, 0.25) is 0 Å². The van der Waals surface area contributed by atoms with Crippen LogP contribution in [0.15, 0.2) is 30.5 Å². The van der Waals surface area contributed by atoms with Crippen LogP contribution in [0.1, 0.15) is 16.1 Å². The van der Waals surface area contributed by atoms with Crippen LogP contribution in [0, 0.1) is 0 Å². The van der Waals surface area contributed by atoms with E-state index >= 15 is 0 Å². The smallest absolute Gasteiger partial charge is 0.355 e. The molecule has 0 bridgehead atoms. The summed E-state index contributed by atoms with van der Waals surface area (Å²) in [6.07, 6.45) is 1.64. The van der Waals surface area contributed by atoms with Gasteiger partial charge in [0.25, 0.3) is 0 Å². The maximum atomic E-state index is 11.9. The molecule has 0 atom stereocenters. The molecule has 0 spiro atoms. The van der Waals surface area contributed by atoms with Crippen molar-refractivity contribution in [2.45, 2.75) is 6.61 Å². The summed E-state index contributed by atoms with van der Waals surface area (Å²) in [7, 11) is 1.72. The predicted octanol–water partition coefficient (Wildman–Crippen LogP) is 3.27. The lowest BCUT2D eigenvalue weighted by Crippen LogP contribution is -2.09. The second-order valence-electron chi connectivity index (χ2n) is 4.05. The Balaban J connectivity index is 2.11. The van der Waals surface area contributed by atoms with Crippen molar-refractivity contribution in [3.8, 4) is 0 Å². The SMILES string of the molecule is Cn1cc(N)cc1C(=O)OCc1c(Cl)cccc1Cl. The molecule has 0 saturated heterocycles. The second-order valence-corrected chi connectivity index (χ2v) is 4.86. The number of nitrogen functional groups attached to an aromatic ring is 1. The van der Waals surface area contributed by atoms with E-state index in [9.17, 15) is 4.79 Å². The molecular formula is C13H12Cl2N2O2. The zero-order chi connectivity index (χ0) is 14.0. The molecule has 0 aliphatic heterocycles. The highest BCUT2D eigenvalue weighted by Gasteiger charge is 2.14. The number of nitrogens with zero attached hydrogens (tertiary/aromatic N) is 1. The number of hydrogen-bond donors (Lipinski definition) is 1. The molecule has 0 aliphatic rings. The average molecular weight is 299 g/mol. The maximum Gasteiger partial charge on any atom is 0.355 e. The molecule has 0 amide bonds. The number of benzene rings is 1. The van der Waals surface area contributed by atoms with Gasteiger partial charge in [0.05, 0.1) is 5.69 Å². The molecule has 0 fully saturated rings. The Bertz CT molecular complexity index is 603. The summed E-state index contributed by atoms with van der Waals surface area (Å²) >= 11 is 12.0. The number of carbonyl (C=O) groups is 1. The van der Waals surface area contributed by atoms with Crippen LogP contribution in [0.25, 0.3) is 0 Å². The summed E-state index contributed by atoms with van der Waals surface area (Å²) in [6.45, 7) is 0.0163. The topological polar surface area (TPSA) is 57.2 Å². The second kappa shape index (κ2) is 5.55. The first-order valence-corrected chi connectivity index (χ1v) is 6.26. The summed E-state index contributed by atoms with van der Waals surface area (Å²) < 4.78 is 6.79. The van der Waals surface area contributed by atoms with Crippen LogP contribution < -0.4 is 5.73 Å². The van der Waals surface area contributed by atoms with Crippen LogP contribution in [0.3, 0.4) is 0 Å². The van der Waals surface area contributed by atoms with Crippen LogP contribution in [0.4, 0.5) is 5.69 Å². The highest BCUT2D eigenvalue weighted by molar-refractivity contribution is 6.35. The normalized spacial score (nSPS) is 10.5. The van der Waals surface area contributed by atoms with Crippen LogP contribution in [0.5, 0.6) is 0 Å². The number of esters is 1. The fourth-order valence-electron chi connectivity index (χ4n) is 1.67. The molecule has 0 radical (unpaired) electrons. The summed E-state index contributed by atoms with van der Waals surface area (Å²) in [5.41, 5.74) is 7.07. The van der Waals surface area contributed by atoms with Crippen molar-refractivity contribution in [3.05, 3.63) is 51.8 Å². The number of aromatic nitrogens is 1. The molecule has 0 unspecified atom stereocenters. The molecule has 4 nitrogen and oxygen atoms in total. The minimum atomic E-state index is -0.477. The molecule has 0 aliphatic carbocycles. The molecule has 1 aromatic heterocycles. The third-order valence-electron chi connectivity index (χ3n) is 2.64. The molecular weight excluding hydrogens is 287 g/mol. The zero-order valence-electron chi connectivity index (χ0n) is 10.2. The van der Waals surface area contributed by atoms with Crippen molar-refractivity contribution < 1.29 is 9.53 Å². The van der Waals surface area contributed by atoms with Gasteiger partial charge in [0.1, 0.15) is 12.3 Å². The number of aryl methyl sites for hydroxylation is 1. The lowest BCUT2D eigenvalue weighted by Gasteiger charge is -2.08.